The summed E-state index contributed by atoms with van der Waals surface area (Å²) in [4.78, 5) is 6.81. The minimum Gasteiger partial charge on any atom is -0.390 e. The maximum Gasteiger partial charge on any atom is 0.136 e. The zero-order chi connectivity index (χ0) is 13.5. The van der Waals surface area contributed by atoms with Crippen LogP contribution >= 0.6 is 15.9 Å². The lowest BCUT2D eigenvalue weighted by Gasteiger charge is -2.36. The monoisotopic (exact) mass is 320 g/mol. The van der Waals surface area contributed by atoms with Crippen molar-refractivity contribution in [1.82, 2.24) is 4.98 Å². The zero-order valence-corrected chi connectivity index (χ0v) is 12.5. The number of piperidine rings is 1. The number of benzene rings is 1. The van der Waals surface area contributed by atoms with Gasteiger partial charge >= 0.3 is 0 Å². The molecular weight excluding hydrogens is 304 g/mol. The maximum absolute atomic E-state index is 10.0. The first-order valence-electron chi connectivity index (χ1n) is 6.57. The van der Waals surface area contributed by atoms with Gasteiger partial charge in [-0.05, 0) is 31.9 Å². The first-order chi connectivity index (χ1) is 9.07. The highest BCUT2D eigenvalue weighted by atomic mass is 79.9. The summed E-state index contributed by atoms with van der Waals surface area (Å²) in [5.74, 6) is 1.02. The molecule has 0 bridgehead atoms. The summed E-state index contributed by atoms with van der Waals surface area (Å²) in [5.41, 5.74) is -0.526. The Morgan fingerprint density at radius 2 is 1.95 bits per heavy atom. The van der Waals surface area contributed by atoms with Crippen LogP contribution in [0, 0.1) is 0 Å². The molecule has 2 heterocycles. The van der Waals surface area contributed by atoms with E-state index in [9.17, 15) is 5.11 Å². The van der Waals surface area contributed by atoms with Crippen LogP contribution in [-0.4, -0.2) is 28.8 Å². The molecule has 3 nitrogen and oxygen atoms in total. The van der Waals surface area contributed by atoms with E-state index < -0.39 is 5.60 Å². The summed E-state index contributed by atoms with van der Waals surface area (Å²) >= 11 is 3.59. The van der Waals surface area contributed by atoms with Gasteiger partial charge in [0.2, 0.25) is 0 Å². The minimum atomic E-state index is -0.526. The van der Waals surface area contributed by atoms with E-state index >= 15 is 0 Å². The average Bonchev–Trinajstić information content (AvgIpc) is 2.39. The Morgan fingerprint density at radius 3 is 2.68 bits per heavy atom. The zero-order valence-electron chi connectivity index (χ0n) is 10.9. The first kappa shape index (κ1) is 12.9. The van der Waals surface area contributed by atoms with Crippen molar-refractivity contribution in [1.29, 1.82) is 0 Å². The second-order valence-corrected chi connectivity index (χ2v) is 6.31. The SMILES string of the molecule is CC1(O)CCN(c2nccc3c(Br)cccc23)CC1. The van der Waals surface area contributed by atoms with Crippen LogP contribution in [0.25, 0.3) is 10.8 Å². The third-order valence-corrected chi connectivity index (χ3v) is 4.56. The van der Waals surface area contributed by atoms with Crippen molar-refractivity contribution in [3.63, 3.8) is 0 Å². The number of hydrogen-bond donors (Lipinski definition) is 1. The number of fused-ring (bicyclic) bond motifs is 1. The highest BCUT2D eigenvalue weighted by molar-refractivity contribution is 9.10. The molecule has 0 spiro atoms. The van der Waals surface area contributed by atoms with E-state index in [1.807, 2.05) is 31.3 Å². The van der Waals surface area contributed by atoms with E-state index in [2.05, 4.69) is 31.9 Å². The summed E-state index contributed by atoms with van der Waals surface area (Å²) < 4.78 is 1.10. The second kappa shape index (κ2) is 4.76. The summed E-state index contributed by atoms with van der Waals surface area (Å²) in [6.07, 6.45) is 3.44. The molecular formula is C15H17BrN2O. The van der Waals surface area contributed by atoms with Gasteiger partial charge in [-0.15, -0.1) is 0 Å². The molecule has 0 radical (unpaired) electrons. The van der Waals surface area contributed by atoms with Crippen LogP contribution in [0.4, 0.5) is 5.82 Å². The van der Waals surface area contributed by atoms with Crippen LogP contribution in [0.2, 0.25) is 0 Å². The molecule has 1 saturated heterocycles. The predicted molar refractivity (Wildman–Crippen MR) is 81.5 cm³/mol. The highest BCUT2D eigenvalue weighted by Gasteiger charge is 2.28. The molecule has 0 saturated carbocycles. The van der Waals surface area contributed by atoms with Gasteiger partial charge in [0.15, 0.2) is 0 Å². The molecule has 1 fully saturated rings. The van der Waals surface area contributed by atoms with Gasteiger partial charge in [-0.2, -0.15) is 0 Å². The van der Waals surface area contributed by atoms with E-state index in [1.165, 1.54) is 10.8 Å². The van der Waals surface area contributed by atoms with Crippen molar-refractivity contribution >= 4 is 32.5 Å². The third kappa shape index (κ3) is 2.47. The molecule has 3 rings (SSSR count). The number of rotatable bonds is 1. The van der Waals surface area contributed by atoms with Crippen molar-refractivity contribution in [3.8, 4) is 0 Å². The Labute approximate surface area is 121 Å². The van der Waals surface area contributed by atoms with Crippen LogP contribution in [-0.2, 0) is 0 Å². The molecule has 4 heteroatoms. The van der Waals surface area contributed by atoms with E-state index in [4.69, 9.17) is 0 Å². The summed E-state index contributed by atoms with van der Waals surface area (Å²) in [6, 6.07) is 8.23. The van der Waals surface area contributed by atoms with Gasteiger partial charge in [0.25, 0.3) is 0 Å². The lowest BCUT2D eigenvalue weighted by Crippen LogP contribution is -2.42. The minimum absolute atomic E-state index is 0.526. The highest BCUT2D eigenvalue weighted by Crippen LogP contribution is 2.32. The lowest BCUT2D eigenvalue weighted by atomic mass is 9.93. The van der Waals surface area contributed by atoms with Gasteiger partial charge in [0, 0.05) is 34.5 Å². The van der Waals surface area contributed by atoms with Crippen molar-refractivity contribution in [2.24, 2.45) is 0 Å². The van der Waals surface area contributed by atoms with Crippen LogP contribution in [0.3, 0.4) is 0 Å². The average molecular weight is 321 g/mol. The molecule has 2 aromatic rings. The van der Waals surface area contributed by atoms with Crippen molar-refractivity contribution < 1.29 is 5.11 Å². The van der Waals surface area contributed by atoms with Gasteiger partial charge in [-0.1, -0.05) is 28.1 Å². The van der Waals surface area contributed by atoms with Gasteiger partial charge in [-0.3, -0.25) is 0 Å². The van der Waals surface area contributed by atoms with Crippen LogP contribution < -0.4 is 4.90 Å². The van der Waals surface area contributed by atoms with Gasteiger partial charge < -0.3 is 10.0 Å². The fourth-order valence-corrected chi connectivity index (χ4v) is 3.10. The molecule has 1 aliphatic rings. The predicted octanol–water partition coefficient (Wildman–Crippen LogP) is 3.35. The smallest absolute Gasteiger partial charge is 0.136 e. The summed E-state index contributed by atoms with van der Waals surface area (Å²) in [7, 11) is 0. The van der Waals surface area contributed by atoms with Crippen LogP contribution in [0.5, 0.6) is 0 Å². The largest absolute Gasteiger partial charge is 0.390 e. The first-order valence-corrected chi connectivity index (χ1v) is 7.37. The van der Waals surface area contributed by atoms with E-state index in [0.29, 0.717) is 0 Å². The van der Waals surface area contributed by atoms with E-state index in [1.54, 1.807) is 0 Å². The molecule has 0 atom stereocenters. The van der Waals surface area contributed by atoms with Gasteiger partial charge in [0.1, 0.15) is 5.82 Å². The topological polar surface area (TPSA) is 36.4 Å². The molecule has 1 aliphatic heterocycles. The Bertz CT molecular complexity index is 602. The number of hydrogen-bond acceptors (Lipinski definition) is 3. The van der Waals surface area contributed by atoms with E-state index in [-0.39, 0.29) is 0 Å². The fourth-order valence-electron chi connectivity index (χ4n) is 2.61. The number of halogens is 1. The molecule has 100 valence electrons. The molecule has 1 aromatic heterocycles. The number of pyridine rings is 1. The Balaban J connectivity index is 2.00. The Hall–Kier alpha value is -1.13. The lowest BCUT2D eigenvalue weighted by molar-refractivity contribution is 0.0350. The third-order valence-electron chi connectivity index (χ3n) is 3.87. The van der Waals surface area contributed by atoms with Crippen molar-refractivity contribution in [2.45, 2.75) is 25.4 Å². The Morgan fingerprint density at radius 1 is 1.21 bits per heavy atom. The molecule has 1 aromatic carbocycles. The molecule has 1 N–H and O–H groups in total. The number of aromatic nitrogens is 1. The van der Waals surface area contributed by atoms with Gasteiger partial charge in [-0.25, -0.2) is 4.98 Å². The molecule has 0 aliphatic carbocycles. The van der Waals surface area contributed by atoms with Gasteiger partial charge in [0.05, 0.1) is 5.60 Å². The number of aliphatic hydroxyl groups is 1. The summed E-state index contributed by atoms with van der Waals surface area (Å²) in [6.45, 7) is 3.62. The normalized spacial score (nSPS) is 18.8. The fraction of sp³-hybridized carbons (Fsp3) is 0.400. The second-order valence-electron chi connectivity index (χ2n) is 5.45. The van der Waals surface area contributed by atoms with E-state index in [0.717, 1.165) is 36.2 Å². The summed E-state index contributed by atoms with van der Waals surface area (Å²) in [5, 5.41) is 12.4. The van der Waals surface area contributed by atoms with Crippen LogP contribution in [0.1, 0.15) is 19.8 Å². The standard InChI is InChI=1S/C15H17BrN2O/c1-15(19)6-9-18(10-7-15)14-12-3-2-4-13(16)11(12)5-8-17-14/h2-5,8,19H,6-7,9-10H2,1H3. The number of nitrogens with zero attached hydrogens (tertiary/aromatic N) is 2. The van der Waals surface area contributed by atoms with Crippen LogP contribution in [0.15, 0.2) is 34.9 Å². The van der Waals surface area contributed by atoms with Crippen molar-refractivity contribution in [3.05, 3.63) is 34.9 Å². The molecule has 0 amide bonds. The molecule has 0 unspecified atom stereocenters. The number of anilines is 1. The molecule has 19 heavy (non-hydrogen) atoms. The quantitative estimate of drug-likeness (QED) is 0.875. The van der Waals surface area contributed by atoms with Crippen molar-refractivity contribution in [2.75, 3.05) is 18.0 Å². The Kier molecular flexibility index (Phi) is 3.23. The maximum atomic E-state index is 10.0.